The van der Waals surface area contributed by atoms with Crippen LogP contribution in [0.15, 0.2) is 168 Å². The summed E-state index contributed by atoms with van der Waals surface area (Å²) in [5.74, 6) is 0.388. The van der Waals surface area contributed by atoms with Gasteiger partial charge in [-0.15, -0.1) is 59.7 Å². The Labute approximate surface area is 405 Å². The first kappa shape index (κ1) is 43.6. The summed E-state index contributed by atoms with van der Waals surface area (Å²) in [6.45, 7) is 16.9. The second-order valence-electron chi connectivity index (χ2n) is 18.9. The summed E-state index contributed by atoms with van der Waals surface area (Å²) < 4.78 is 41.2. The number of benzene rings is 7. The maximum absolute atomic E-state index is 15.4. The molecule has 0 amide bonds. The molecule has 0 N–H and O–H groups in total. The van der Waals surface area contributed by atoms with Gasteiger partial charge in [-0.25, -0.2) is 4.39 Å². The Balaban J connectivity index is 0.000000230. The molecule has 0 aliphatic heterocycles. The third-order valence-electron chi connectivity index (χ3n) is 11.6. The molecule has 0 spiro atoms. The van der Waals surface area contributed by atoms with Crippen molar-refractivity contribution in [2.75, 3.05) is 0 Å². The van der Waals surface area contributed by atoms with Crippen LogP contribution in [-0.2, 0) is 31.9 Å². The standard InChI is InChI=1S/C41H30FN2O.C18H24NSi.Ir/c1-41(2,3)34-25-29(42)24-32(27-15-8-5-9-16-27)38(34)44-36-20-11-10-19-35(36)43-40(44)28-21-22-37-33(23-28)31-18-12-17-30(39(31)45-37)26-13-6-4-7-14-26;1-14(2)11-16-12-17(15-9-7-6-8-10-15)19-13-18(16)20(3,4)5;/h4-20,22-25H,1-3H3;6-9,12-14H,11H2,1-5H3;/q2*-1;/i;11D2;. The molecule has 0 fully saturated rings. The average Bonchev–Trinajstić information content (AvgIpc) is 3.90. The summed E-state index contributed by atoms with van der Waals surface area (Å²) in [5, 5.41) is 3.13. The Morgan fingerprint density at radius 1 is 0.742 bits per heavy atom. The summed E-state index contributed by atoms with van der Waals surface area (Å²) in [7, 11) is -1.67. The molecule has 4 nitrogen and oxygen atoms in total. The van der Waals surface area contributed by atoms with E-state index in [0.29, 0.717) is 0 Å². The normalized spacial score (nSPS) is 12.5. The van der Waals surface area contributed by atoms with Gasteiger partial charge in [-0.1, -0.05) is 162 Å². The van der Waals surface area contributed by atoms with E-state index in [2.05, 4.69) is 105 Å². The van der Waals surface area contributed by atoms with Gasteiger partial charge in [0.2, 0.25) is 0 Å². The first-order valence-electron chi connectivity index (χ1n) is 23.3. The summed E-state index contributed by atoms with van der Waals surface area (Å²) in [5.41, 5.74) is 12.1. The van der Waals surface area contributed by atoms with E-state index in [-0.39, 0.29) is 37.3 Å². The number of aromatic nitrogens is 3. The topological polar surface area (TPSA) is 43.9 Å². The summed E-state index contributed by atoms with van der Waals surface area (Å²) >= 11 is 0. The number of fused-ring (bicyclic) bond motifs is 4. The quantitative estimate of drug-likeness (QED) is 0.113. The molecule has 3 aromatic heterocycles. The fourth-order valence-electron chi connectivity index (χ4n) is 8.58. The van der Waals surface area contributed by atoms with E-state index in [4.69, 9.17) is 12.1 Å². The number of imidazole rings is 1. The molecule has 0 unspecified atom stereocenters. The van der Waals surface area contributed by atoms with Gasteiger partial charge in [-0.3, -0.25) is 4.98 Å². The summed E-state index contributed by atoms with van der Waals surface area (Å²) in [4.78, 5) is 9.77. The number of hydrogen-bond donors (Lipinski definition) is 0. The minimum absolute atomic E-state index is 0. The Morgan fingerprint density at radius 3 is 2.09 bits per heavy atom. The molecule has 7 heteroatoms. The van der Waals surface area contributed by atoms with Gasteiger partial charge in [0, 0.05) is 45.6 Å². The second kappa shape index (κ2) is 18.9. The van der Waals surface area contributed by atoms with Crippen LogP contribution < -0.4 is 5.19 Å². The van der Waals surface area contributed by atoms with Gasteiger partial charge in [0.1, 0.15) is 11.4 Å². The number of para-hydroxylation sites is 3. The van der Waals surface area contributed by atoms with Crippen molar-refractivity contribution in [3.63, 3.8) is 0 Å². The van der Waals surface area contributed by atoms with Crippen LogP contribution in [0.2, 0.25) is 19.6 Å². The minimum atomic E-state index is -1.67. The number of furan rings is 1. The molecule has 10 rings (SSSR count). The first-order valence-corrected chi connectivity index (χ1v) is 25.8. The molecule has 0 saturated heterocycles. The van der Waals surface area contributed by atoms with Crippen molar-refractivity contribution in [1.82, 2.24) is 14.5 Å². The third kappa shape index (κ3) is 9.39. The van der Waals surface area contributed by atoms with Gasteiger partial charge in [-0.05, 0) is 69.5 Å². The van der Waals surface area contributed by atoms with E-state index >= 15 is 4.39 Å². The number of nitrogens with zero attached hydrogens (tertiary/aromatic N) is 3. The van der Waals surface area contributed by atoms with E-state index in [0.717, 1.165) is 99.9 Å². The van der Waals surface area contributed by atoms with Crippen LogP contribution in [0.1, 0.15) is 48.5 Å². The van der Waals surface area contributed by atoms with Crippen molar-refractivity contribution in [2.24, 2.45) is 5.92 Å². The molecule has 0 bridgehead atoms. The predicted molar refractivity (Wildman–Crippen MR) is 272 cm³/mol. The molecule has 333 valence electrons. The Morgan fingerprint density at radius 2 is 1.42 bits per heavy atom. The van der Waals surface area contributed by atoms with Crippen LogP contribution in [0, 0.1) is 23.9 Å². The van der Waals surface area contributed by atoms with Gasteiger partial charge in [0.25, 0.3) is 0 Å². The number of rotatable bonds is 8. The van der Waals surface area contributed by atoms with Gasteiger partial charge >= 0.3 is 0 Å². The largest absolute Gasteiger partial charge is 0.500 e. The van der Waals surface area contributed by atoms with Crippen LogP contribution in [0.25, 0.3) is 83.6 Å². The fourth-order valence-corrected chi connectivity index (χ4v) is 9.99. The van der Waals surface area contributed by atoms with Crippen molar-refractivity contribution >= 4 is 46.2 Å². The maximum Gasteiger partial charge on any atom is 0.128 e. The number of halogens is 1. The van der Waals surface area contributed by atoms with E-state index in [9.17, 15) is 0 Å². The number of hydrogen-bond acceptors (Lipinski definition) is 3. The van der Waals surface area contributed by atoms with Crippen LogP contribution in [-0.4, -0.2) is 22.6 Å². The second-order valence-corrected chi connectivity index (χ2v) is 24.0. The van der Waals surface area contributed by atoms with Crippen LogP contribution >= 0.6 is 0 Å². The van der Waals surface area contributed by atoms with Gasteiger partial charge < -0.3 is 14.0 Å². The SMILES string of the molecule is CC(C)(C)c1cc(F)cc(-c2ccccc2)c1-n1c(-c2[c-]cc3oc4c(-c5ccccc5)cccc4c3c2)nc2ccccc21.[2H]C([2H])(c1cc(-c2[c-]cccc2)ncc1[Si](C)(C)C)C(C)C.[Ir]. The zero-order valence-electron chi connectivity index (χ0n) is 40.6. The van der Waals surface area contributed by atoms with Crippen LogP contribution in [0.5, 0.6) is 0 Å². The van der Waals surface area contributed by atoms with Crippen LogP contribution in [0.3, 0.4) is 0 Å². The molecular weight excluding hydrogens is 1010 g/mol. The zero-order chi connectivity index (χ0) is 47.3. The number of pyridine rings is 1. The maximum atomic E-state index is 15.4. The van der Waals surface area contributed by atoms with E-state index < -0.39 is 14.4 Å². The van der Waals surface area contributed by atoms with Crippen molar-refractivity contribution < 1.29 is 31.7 Å². The van der Waals surface area contributed by atoms with Crippen LogP contribution in [0.4, 0.5) is 4.39 Å². The average molecular weight is 1060 g/mol. The summed E-state index contributed by atoms with van der Waals surface area (Å²) in [6, 6.07) is 58.4. The van der Waals surface area contributed by atoms with E-state index in [1.54, 1.807) is 12.1 Å². The van der Waals surface area contributed by atoms with Gasteiger partial charge in [0.15, 0.2) is 0 Å². The third-order valence-corrected chi connectivity index (χ3v) is 13.7. The van der Waals surface area contributed by atoms with Crippen molar-refractivity contribution in [3.05, 3.63) is 193 Å². The molecule has 0 saturated carbocycles. The summed E-state index contributed by atoms with van der Waals surface area (Å²) in [6.07, 6.45) is 0.528. The van der Waals surface area contributed by atoms with E-state index in [1.165, 1.54) is 0 Å². The van der Waals surface area contributed by atoms with Crippen molar-refractivity contribution in [1.29, 1.82) is 0 Å². The molecule has 10 aromatic rings. The molecule has 0 aliphatic rings. The van der Waals surface area contributed by atoms with Crippen molar-refractivity contribution in [3.8, 4) is 50.6 Å². The molecule has 3 heterocycles. The molecule has 1 radical (unpaired) electrons. The monoisotopic (exact) mass is 1060 g/mol. The van der Waals surface area contributed by atoms with Gasteiger partial charge in [-0.2, -0.15) is 0 Å². The van der Waals surface area contributed by atoms with Crippen molar-refractivity contribution in [2.45, 2.75) is 66.0 Å². The van der Waals surface area contributed by atoms with Gasteiger partial charge in [0.05, 0.1) is 36.2 Å². The molecule has 66 heavy (non-hydrogen) atoms. The molecule has 0 atom stereocenters. The first-order chi connectivity index (χ1) is 32.0. The predicted octanol–water partition coefficient (Wildman–Crippen LogP) is 15.5. The molecular formula is C59H54FIrN3OSi-2. The molecule has 7 aromatic carbocycles. The Bertz CT molecular complexity index is 3390. The zero-order valence-corrected chi connectivity index (χ0v) is 42.0. The fraction of sp³-hybridized carbons (Fsp3) is 0.186. The smallest absolute Gasteiger partial charge is 0.128 e. The molecule has 0 aliphatic carbocycles. The van der Waals surface area contributed by atoms with E-state index in [1.807, 2.05) is 123 Å². The Hall–Kier alpha value is -6.24. The minimum Gasteiger partial charge on any atom is -0.500 e. The Kier molecular flexibility index (Phi) is 12.5.